The topological polar surface area (TPSA) is 107 Å². The van der Waals surface area contributed by atoms with Gasteiger partial charge in [0.25, 0.3) is 0 Å². The highest BCUT2D eigenvalue weighted by Gasteiger charge is 2.29. The Balaban J connectivity index is 1.92. The molecule has 0 saturated carbocycles. The Morgan fingerprint density at radius 1 is 1.21 bits per heavy atom. The second kappa shape index (κ2) is 5.90. The van der Waals surface area contributed by atoms with E-state index in [0.717, 1.165) is 4.57 Å². The zero-order valence-electron chi connectivity index (χ0n) is 13.1. The Morgan fingerprint density at radius 3 is 2.50 bits per heavy atom. The van der Waals surface area contributed by atoms with Crippen LogP contribution in [0.2, 0.25) is 0 Å². The van der Waals surface area contributed by atoms with Gasteiger partial charge in [-0.05, 0) is 18.6 Å². The maximum atomic E-state index is 12.2. The fourth-order valence-electron chi connectivity index (χ4n) is 2.94. The van der Waals surface area contributed by atoms with E-state index < -0.39 is 32.9 Å². The molecule has 1 aliphatic rings. The molecule has 2 aromatic rings. The highest BCUT2D eigenvalue weighted by Crippen LogP contribution is 2.12. The number of carbonyl (C=O) groups is 1. The van der Waals surface area contributed by atoms with Crippen LogP contribution in [0, 0.1) is 0 Å². The van der Waals surface area contributed by atoms with Crippen molar-refractivity contribution in [3.05, 3.63) is 45.0 Å². The van der Waals surface area contributed by atoms with E-state index in [4.69, 9.17) is 0 Å². The zero-order valence-corrected chi connectivity index (χ0v) is 13.9. The number of fused-ring (bicyclic) bond motifs is 1. The third-order valence-corrected chi connectivity index (χ3v) is 5.93. The summed E-state index contributed by atoms with van der Waals surface area (Å²) in [6.45, 7) is -0.327. The van der Waals surface area contributed by atoms with Crippen LogP contribution < -0.4 is 16.4 Å². The zero-order chi connectivity index (χ0) is 17.5. The van der Waals surface area contributed by atoms with E-state index in [1.807, 2.05) is 0 Å². The van der Waals surface area contributed by atoms with Crippen molar-refractivity contribution in [2.45, 2.75) is 19.0 Å². The van der Waals surface area contributed by atoms with Crippen molar-refractivity contribution in [1.29, 1.82) is 0 Å². The molecular weight excluding hydrogens is 334 g/mol. The molecule has 1 aliphatic heterocycles. The molecule has 0 spiro atoms. The standard InChI is InChI=1S/C15H17N3O5S/c1-17-11-4-2-3-5-12(11)18(15(21)14(17)20)8-13(19)16-10-6-7-24(22,23)9-10/h2-5,10H,6-9H2,1H3,(H,16,19)/t10-/m0/s1. The first kappa shape index (κ1) is 16.4. The second-order valence-electron chi connectivity index (χ2n) is 5.91. The van der Waals surface area contributed by atoms with Crippen LogP contribution in [-0.4, -0.2) is 41.0 Å². The van der Waals surface area contributed by atoms with Gasteiger partial charge >= 0.3 is 11.1 Å². The second-order valence-corrected chi connectivity index (χ2v) is 8.14. The van der Waals surface area contributed by atoms with Crippen molar-refractivity contribution in [3.8, 4) is 0 Å². The molecule has 9 heteroatoms. The molecule has 0 bridgehead atoms. The average Bonchev–Trinajstić information content (AvgIpc) is 2.88. The van der Waals surface area contributed by atoms with Gasteiger partial charge in [0.05, 0.1) is 22.5 Å². The molecule has 1 amide bonds. The predicted molar refractivity (Wildman–Crippen MR) is 88.7 cm³/mol. The van der Waals surface area contributed by atoms with Crippen LogP contribution in [0.25, 0.3) is 11.0 Å². The van der Waals surface area contributed by atoms with Crippen LogP contribution in [0.3, 0.4) is 0 Å². The molecule has 1 aromatic heterocycles. The number of benzene rings is 1. The van der Waals surface area contributed by atoms with Gasteiger partial charge in [-0.2, -0.15) is 0 Å². The molecule has 1 atom stereocenters. The fourth-order valence-corrected chi connectivity index (χ4v) is 4.61. The molecule has 1 fully saturated rings. The molecule has 3 rings (SSSR count). The summed E-state index contributed by atoms with van der Waals surface area (Å²) in [7, 11) is -1.61. The van der Waals surface area contributed by atoms with E-state index in [-0.39, 0.29) is 18.1 Å². The highest BCUT2D eigenvalue weighted by atomic mass is 32.2. The Morgan fingerprint density at radius 2 is 1.88 bits per heavy atom. The van der Waals surface area contributed by atoms with Gasteiger partial charge in [-0.1, -0.05) is 12.1 Å². The first-order valence-corrected chi connectivity index (χ1v) is 9.29. The first-order chi connectivity index (χ1) is 11.3. The first-order valence-electron chi connectivity index (χ1n) is 7.47. The highest BCUT2D eigenvalue weighted by molar-refractivity contribution is 7.91. The van der Waals surface area contributed by atoms with Crippen molar-refractivity contribution >= 4 is 26.8 Å². The number of aryl methyl sites for hydroxylation is 1. The van der Waals surface area contributed by atoms with Crippen LogP contribution >= 0.6 is 0 Å². The van der Waals surface area contributed by atoms with E-state index >= 15 is 0 Å². The minimum atomic E-state index is -3.11. The summed E-state index contributed by atoms with van der Waals surface area (Å²) in [6.07, 6.45) is 0.361. The summed E-state index contributed by atoms with van der Waals surface area (Å²) in [4.78, 5) is 36.5. The lowest BCUT2D eigenvalue weighted by molar-refractivity contribution is -0.122. The molecule has 1 N–H and O–H groups in total. The fraction of sp³-hybridized carbons (Fsp3) is 0.400. The van der Waals surface area contributed by atoms with E-state index in [1.165, 1.54) is 11.6 Å². The van der Waals surface area contributed by atoms with Crippen molar-refractivity contribution in [3.63, 3.8) is 0 Å². The van der Waals surface area contributed by atoms with Gasteiger partial charge in [0.1, 0.15) is 6.54 Å². The number of para-hydroxylation sites is 2. The van der Waals surface area contributed by atoms with E-state index in [9.17, 15) is 22.8 Å². The number of hydrogen-bond donors (Lipinski definition) is 1. The van der Waals surface area contributed by atoms with Crippen LogP contribution in [0.15, 0.2) is 33.9 Å². The van der Waals surface area contributed by atoms with E-state index in [1.54, 1.807) is 24.3 Å². The molecule has 1 aromatic carbocycles. The van der Waals surface area contributed by atoms with Gasteiger partial charge in [-0.25, -0.2) is 8.42 Å². The van der Waals surface area contributed by atoms with E-state index in [2.05, 4.69) is 5.32 Å². The Bertz CT molecular complexity index is 1040. The SMILES string of the molecule is Cn1c(=O)c(=O)n(CC(=O)N[C@H]2CCS(=O)(=O)C2)c2ccccc21. The largest absolute Gasteiger partial charge is 0.351 e. The Labute approximate surface area is 137 Å². The number of amides is 1. The smallest absolute Gasteiger partial charge is 0.317 e. The Kier molecular flexibility index (Phi) is 4.04. The van der Waals surface area contributed by atoms with Crippen LogP contribution in [0.4, 0.5) is 0 Å². The van der Waals surface area contributed by atoms with Crippen molar-refractivity contribution in [2.75, 3.05) is 11.5 Å². The normalized spacial score (nSPS) is 19.5. The van der Waals surface area contributed by atoms with Gasteiger partial charge in [0, 0.05) is 13.1 Å². The number of sulfone groups is 1. The van der Waals surface area contributed by atoms with Gasteiger partial charge in [0.15, 0.2) is 9.84 Å². The lowest BCUT2D eigenvalue weighted by atomic mass is 10.2. The number of aromatic nitrogens is 2. The number of nitrogens with zero attached hydrogens (tertiary/aromatic N) is 2. The maximum Gasteiger partial charge on any atom is 0.317 e. The molecule has 2 heterocycles. The summed E-state index contributed by atoms with van der Waals surface area (Å²) in [5, 5.41) is 2.62. The summed E-state index contributed by atoms with van der Waals surface area (Å²) in [5.41, 5.74) is -0.493. The third kappa shape index (κ3) is 2.99. The average molecular weight is 351 g/mol. The number of carbonyl (C=O) groups excluding carboxylic acids is 1. The third-order valence-electron chi connectivity index (χ3n) is 4.17. The summed E-state index contributed by atoms with van der Waals surface area (Å²) in [6, 6.07) is 6.35. The van der Waals surface area contributed by atoms with Crippen LogP contribution in [-0.2, 0) is 28.2 Å². The van der Waals surface area contributed by atoms with Crippen molar-refractivity contribution in [2.24, 2.45) is 7.05 Å². The lowest BCUT2D eigenvalue weighted by Gasteiger charge is -2.14. The molecule has 24 heavy (non-hydrogen) atoms. The molecule has 1 saturated heterocycles. The number of rotatable bonds is 3. The van der Waals surface area contributed by atoms with Crippen molar-refractivity contribution < 1.29 is 13.2 Å². The molecule has 0 unspecified atom stereocenters. The maximum absolute atomic E-state index is 12.2. The molecular formula is C15H17N3O5S. The quantitative estimate of drug-likeness (QED) is 0.714. The predicted octanol–water partition coefficient (Wildman–Crippen LogP) is -0.996. The van der Waals surface area contributed by atoms with Crippen molar-refractivity contribution in [1.82, 2.24) is 14.5 Å². The van der Waals surface area contributed by atoms with E-state index in [0.29, 0.717) is 17.5 Å². The monoisotopic (exact) mass is 351 g/mol. The van der Waals surface area contributed by atoms with Crippen LogP contribution in [0.1, 0.15) is 6.42 Å². The number of hydrogen-bond acceptors (Lipinski definition) is 5. The minimum Gasteiger partial charge on any atom is -0.351 e. The van der Waals surface area contributed by atoms with Gasteiger partial charge in [-0.15, -0.1) is 0 Å². The molecule has 0 radical (unpaired) electrons. The summed E-state index contributed by atoms with van der Waals surface area (Å²) < 4.78 is 25.2. The lowest BCUT2D eigenvalue weighted by Crippen LogP contribution is -2.44. The Hall–Kier alpha value is -2.42. The molecule has 8 nitrogen and oxygen atoms in total. The van der Waals surface area contributed by atoms with Gasteiger partial charge in [-0.3, -0.25) is 19.0 Å². The number of nitrogens with one attached hydrogen (secondary N) is 1. The van der Waals surface area contributed by atoms with Crippen LogP contribution in [0.5, 0.6) is 0 Å². The summed E-state index contributed by atoms with van der Waals surface area (Å²) in [5.74, 6) is -0.532. The van der Waals surface area contributed by atoms with Gasteiger partial charge < -0.3 is 9.88 Å². The minimum absolute atomic E-state index is 0.0483. The summed E-state index contributed by atoms with van der Waals surface area (Å²) >= 11 is 0. The van der Waals surface area contributed by atoms with Gasteiger partial charge in [0.2, 0.25) is 5.91 Å². The molecule has 128 valence electrons. The molecule has 0 aliphatic carbocycles.